The number of benzene rings is 2. The van der Waals surface area contributed by atoms with E-state index in [4.69, 9.17) is 21.1 Å². The quantitative estimate of drug-likeness (QED) is 0.579. The minimum atomic E-state index is -0.693. The first kappa shape index (κ1) is 20.2. The molecule has 0 atom stereocenters. The van der Waals surface area contributed by atoms with Crippen molar-refractivity contribution in [3.8, 4) is 0 Å². The molecule has 2 N–H and O–H groups in total. The first-order chi connectivity index (χ1) is 14.1. The fourth-order valence-corrected chi connectivity index (χ4v) is 2.56. The number of hydrogen-bond donors (Lipinski definition) is 2. The van der Waals surface area contributed by atoms with E-state index < -0.39 is 12.2 Å². The van der Waals surface area contributed by atoms with Crippen LogP contribution in [0.1, 0.15) is 11.1 Å². The number of ether oxygens (including phenoxy) is 2. The van der Waals surface area contributed by atoms with E-state index in [0.29, 0.717) is 0 Å². The van der Waals surface area contributed by atoms with Gasteiger partial charge >= 0.3 is 12.2 Å². The molecule has 0 aliphatic heterocycles. The number of halogens is 1. The summed E-state index contributed by atoms with van der Waals surface area (Å²) < 4.78 is 10.3. The van der Waals surface area contributed by atoms with E-state index in [0.717, 1.165) is 11.1 Å². The molecule has 3 aromatic rings. The smallest absolute Gasteiger partial charge is 0.413 e. The van der Waals surface area contributed by atoms with Crippen LogP contribution in [0.3, 0.4) is 0 Å². The van der Waals surface area contributed by atoms with Gasteiger partial charge in [-0.15, -0.1) is 0 Å². The maximum atomic E-state index is 12.0. The number of amides is 2. The van der Waals surface area contributed by atoms with Crippen LogP contribution in [0.25, 0.3) is 0 Å². The Morgan fingerprint density at radius 2 is 1.17 bits per heavy atom. The molecule has 2 aromatic carbocycles. The molecule has 148 valence electrons. The molecule has 0 saturated carbocycles. The molecule has 8 heteroatoms. The van der Waals surface area contributed by atoms with Crippen molar-refractivity contribution in [1.29, 1.82) is 0 Å². The highest BCUT2D eigenvalue weighted by Crippen LogP contribution is 2.19. The predicted molar refractivity (Wildman–Crippen MR) is 110 cm³/mol. The molecule has 0 unspecified atom stereocenters. The van der Waals surface area contributed by atoms with Crippen LogP contribution in [0.5, 0.6) is 0 Å². The maximum Gasteiger partial charge on any atom is 0.413 e. The minimum Gasteiger partial charge on any atom is -0.444 e. The summed E-state index contributed by atoms with van der Waals surface area (Å²) in [6.07, 6.45) is -1.39. The van der Waals surface area contributed by atoms with Gasteiger partial charge in [0.1, 0.15) is 24.8 Å². The summed E-state index contributed by atoms with van der Waals surface area (Å²) in [5.41, 5.74) is 1.70. The van der Waals surface area contributed by atoms with Crippen molar-refractivity contribution in [3.63, 3.8) is 0 Å². The molecule has 0 aliphatic rings. The molecule has 3 rings (SSSR count). The second-order valence-electron chi connectivity index (χ2n) is 5.93. The first-order valence-corrected chi connectivity index (χ1v) is 9.09. The van der Waals surface area contributed by atoms with E-state index >= 15 is 0 Å². The van der Waals surface area contributed by atoms with E-state index in [9.17, 15) is 9.59 Å². The van der Waals surface area contributed by atoms with Crippen molar-refractivity contribution in [1.82, 2.24) is 4.98 Å². The van der Waals surface area contributed by atoms with Gasteiger partial charge in [-0.25, -0.2) is 14.6 Å². The Morgan fingerprint density at radius 1 is 0.759 bits per heavy atom. The zero-order chi connectivity index (χ0) is 20.5. The van der Waals surface area contributed by atoms with Gasteiger partial charge in [0.2, 0.25) is 0 Å². The first-order valence-electron chi connectivity index (χ1n) is 8.71. The average Bonchev–Trinajstić information content (AvgIpc) is 2.72. The zero-order valence-corrected chi connectivity index (χ0v) is 16.1. The van der Waals surface area contributed by atoms with E-state index in [1.165, 1.54) is 12.1 Å². The molecule has 0 aliphatic carbocycles. The summed E-state index contributed by atoms with van der Waals surface area (Å²) in [5.74, 6) is 0.267. The lowest BCUT2D eigenvalue weighted by molar-refractivity contribution is 0.154. The van der Waals surface area contributed by atoms with Crippen LogP contribution in [0.2, 0.25) is 5.02 Å². The Balaban J connectivity index is 1.53. The number of carbonyl (C=O) groups is 2. The van der Waals surface area contributed by atoms with Gasteiger partial charge in [-0.2, -0.15) is 0 Å². The fraction of sp³-hybridized carbons (Fsp3) is 0.0952. The van der Waals surface area contributed by atoms with Crippen LogP contribution in [0.4, 0.5) is 21.2 Å². The third-order valence-corrected chi connectivity index (χ3v) is 3.89. The topological polar surface area (TPSA) is 89.6 Å². The van der Waals surface area contributed by atoms with Gasteiger partial charge in [0, 0.05) is 5.02 Å². The minimum absolute atomic E-state index is 0.115. The van der Waals surface area contributed by atoms with E-state index in [1.807, 2.05) is 60.7 Å². The second-order valence-corrected chi connectivity index (χ2v) is 6.37. The van der Waals surface area contributed by atoms with Gasteiger partial charge in [0.15, 0.2) is 0 Å². The second kappa shape index (κ2) is 10.1. The van der Waals surface area contributed by atoms with E-state index in [-0.39, 0.29) is 29.9 Å². The van der Waals surface area contributed by atoms with Gasteiger partial charge < -0.3 is 9.47 Å². The molecule has 0 radical (unpaired) electrons. The third kappa shape index (κ3) is 6.82. The summed E-state index contributed by atoms with van der Waals surface area (Å²) in [5, 5.41) is 5.23. The number of nitrogens with zero attached hydrogens (tertiary/aromatic N) is 1. The number of nitrogens with one attached hydrogen (secondary N) is 2. The molecule has 0 saturated heterocycles. The lowest BCUT2D eigenvalue weighted by Crippen LogP contribution is -2.17. The number of anilines is 2. The Hall–Kier alpha value is -3.58. The van der Waals surface area contributed by atoms with Crippen molar-refractivity contribution in [2.75, 3.05) is 10.6 Å². The van der Waals surface area contributed by atoms with Crippen molar-refractivity contribution in [2.45, 2.75) is 13.2 Å². The third-order valence-electron chi connectivity index (χ3n) is 3.68. The maximum absolute atomic E-state index is 12.0. The van der Waals surface area contributed by atoms with Crippen LogP contribution in [0.15, 0.2) is 72.8 Å². The summed E-state index contributed by atoms with van der Waals surface area (Å²) in [4.78, 5) is 28.0. The Labute approximate surface area is 172 Å². The van der Waals surface area contributed by atoms with Gasteiger partial charge in [0.05, 0.1) is 0 Å². The fourth-order valence-electron chi connectivity index (χ4n) is 2.35. The lowest BCUT2D eigenvalue weighted by Gasteiger charge is -2.10. The summed E-state index contributed by atoms with van der Waals surface area (Å²) in [7, 11) is 0. The molecular formula is C21H18ClN3O4. The van der Waals surface area contributed by atoms with Crippen molar-refractivity contribution < 1.29 is 19.1 Å². The molecular weight excluding hydrogens is 394 g/mol. The zero-order valence-electron chi connectivity index (χ0n) is 15.3. The molecule has 0 fully saturated rings. The van der Waals surface area contributed by atoms with E-state index in [2.05, 4.69) is 15.6 Å². The Bertz CT molecular complexity index is 892. The number of pyridine rings is 1. The standard InChI is InChI=1S/C21H18ClN3O4/c22-17-11-18(24-20(26)28-13-15-7-3-1-4-8-15)23-19(12-17)25-21(27)29-14-16-9-5-2-6-10-16/h1-12H,13-14H2,(H2,23,24,25,26,27). The number of hydrogen-bond acceptors (Lipinski definition) is 5. The average molecular weight is 412 g/mol. The van der Waals surface area contributed by atoms with Crippen LogP contribution >= 0.6 is 11.6 Å². The number of carbonyl (C=O) groups excluding carboxylic acids is 2. The monoisotopic (exact) mass is 411 g/mol. The lowest BCUT2D eigenvalue weighted by atomic mass is 10.2. The summed E-state index contributed by atoms with van der Waals surface area (Å²) in [6, 6.07) is 21.4. The van der Waals surface area contributed by atoms with Crippen LogP contribution in [0, 0.1) is 0 Å². The van der Waals surface area contributed by atoms with Crippen LogP contribution in [-0.4, -0.2) is 17.2 Å². The van der Waals surface area contributed by atoms with Gasteiger partial charge in [0.25, 0.3) is 0 Å². The molecule has 2 amide bonds. The number of aromatic nitrogens is 1. The van der Waals surface area contributed by atoms with Gasteiger partial charge in [-0.1, -0.05) is 72.3 Å². The summed E-state index contributed by atoms with van der Waals surface area (Å²) in [6.45, 7) is 0.230. The number of rotatable bonds is 6. The SMILES string of the molecule is O=C(Nc1cc(Cl)cc(NC(=O)OCc2ccccc2)n1)OCc1ccccc1. The highest BCUT2D eigenvalue weighted by molar-refractivity contribution is 6.31. The molecule has 1 aromatic heterocycles. The molecule has 0 bridgehead atoms. The van der Waals surface area contributed by atoms with E-state index in [1.54, 1.807) is 0 Å². The highest BCUT2D eigenvalue weighted by atomic mass is 35.5. The molecule has 0 spiro atoms. The molecule has 29 heavy (non-hydrogen) atoms. The Kier molecular flexibility index (Phi) is 7.02. The molecule has 1 heterocycles. The largest absolute Gasteiger partial charge is 0.444 e. The van der Waals surface area contributed by atoms with Crippen molar-refractivity contribution in [3.05, 3.63) is 88.9 Å². The summed E-state index contributed by atoms with van der Waals surface area (Å²) >= 11 is 6.04. The van der Waals surface area contributed by atoms with Crippen LogP contribution < -0.4 is 10.6 Å². The van der Waals surface area contributed by atoms with Gasteiger partial charge in [-0.05, 0) is 23.3 Å². The Morgan fingerprint density at radius 3 is 1.59 bits per heavy atom. The predicted octanol–water partition coefficient (Wildman–Crippen LogP) is 5.23. The van der Waals surface area contributed by atoms with Gasteiger partial charge in [-0.3, -0.25) is 10.6 Å². The molecule has 7 nitrogen and oxygen atoms in total. The normalized spacial score (nSPS) is 10.1. The van der Waals surface area contributed by atoms with Crippen molar-refractivity contribution in [2.24, 2.45) is 0 Å². The van der Waals surface area contributed by atoms with Crippen LogP contribution in [-0.2, 0) is 22.7 Å². The van der Waals surface area contributed by atoms with Crippen molar-refractivity contribution >= 4 is 35.4 Å². The highest BCUT2D eigenvalue weighted by Gasteiger charge is 2.10.